The molecule has 1 aliphatic carbocycles. The average molecular weight is 542 g/mol. The van der Waals surface area contributed by atoms with Crippen molar-refractivity contribution < 1.29 is 19.1 Å². The molecular weight excluding hydrogens is 510 g/mol. The van der Waals surface area contributed by atoms with Crippen molar-refractivity contribution in [1.82, 2.24) is 4.98 Å². The molecular formula is C36H31NO4. The summed E-state index contributed by atoms with van der Waals surface area (Å²) in [6, 6.07) is 36.4. The Morgan fingerprint density at radius 3 is 2.20 bits per heavy atom. The fraction of sp³-hybridized carbons (Fsp3) is 0.167. The Labute approximate surface area is 239 Å². The Kier molecular flexibility index (Phi) is 7.76. The van der Waals surface area contributed by atoms with Crippen molar-refractivity contribution in [2.75, 3.05) is 6.61 Å². The number of aliphatic carboxylic acids is 1. The number of aromatic nitrogens is 1. The monoisotopic (exact) mass is 541 g/mol. The SMILES string of the molecule is O=C(O)COc1ccc(-c2ccccc2)c(CC2CCCC=C2c2nc(-c3ccccc3)c(-c3ccccc3)o2)c1. The van der Waals surface area contributed by atoms with Crippen LogP contribution in [-0.4, -0.2) is 22.7 Å². The van der Waals surface area contributed by atoms with Crippen molar-refractivity contribution in [1.29, 1.82) is 0 Å². The zero-order valence-electron chi connectivity index (χ0n) is 22.7. The fourth-order valence-corrected chi connectivity index (χ4v) is 5.58. The minimum Gasteiger partial charge on any atom is -0.482 e. The number of hydrogen-bond donors (Lipinski definition) is 1. The van der Waals surface area contributed by atoms with Crippen LogP contribution in [-0.2, 0) is 11.2 Å². The van der Waals surface area contributed by atoms with Gasteiger partial charge < -0.3 is 14.3 Å². The molecule has 6 rings (SSSR count). The third kappa shape index (κ3) is 5.99. The van der Waals surface area contributed by atoms with Crippen LogP contribution in [0.2, 0.25) is 0 Å². The molecule has 0 fully saturated rings. The summed E-state index contributed by atoms with van der Waals surface area (Å²) >= 11 is 0. The molecule has 41 heavy (non-hydrogen) atoms. The number of nitrogens with zero attached hydrogens (tertiary/aromatic N) is 1. The van der Waals surface area contributed by atoms with E-state index < -0.39 is 5.97 Å². The molecule has 5 nitrogen and oxygen atoms in total. The summed E-state index contributed by atoms with van der Waals surface area (Å²) in [7, 11) is 0. The summed E-state index contributed by atoms with van der Waals surface area (Å²) in [5.74, 6) is 1.17. The second-order valence-corrected chi connectivity index (χ2v) is 10.3. The van der Waals surface area contributed by atoms with Gasteiger partial charge in [0.2, 0.25) is 5.89 Å². The number of benzene rings is 4. The summed E-state index contributed by atoms with van der Waals surface area (Å²) in [6.45, 7) is -0.375. The minimum absolute atomic E-state index is 0.187. The molecule has 1 aliphatic rings. The van der Waals surface area contributed by atoms with E-state index in [-0.39, 0.29) is 12.5 Å². The highest BCUT2D eigenvalue weighted by Crippen LogP contribution is 2.41. The predicted molar refractivity (Wildman–Crippen MR) is 161 cm³/mol. The van der Waals surface area contributed by atoms with Gasteiger partial charge in [-0.3, -0.25) is 0 Å². The van der Waals surface area contributed by atoms with E-state index in [1.165, 1.54) is 0 Å². The number of oxazole rings is 1. The topological polar surface area (TPSA) is 72.6 Å². The standard InChI is InChI=1S/C36H31NO4/c38-33(39)24-40-30-20-21-31(25-12-4-1-5-13-25)29(23-30)22-28-18-10-11-19-32(28)36-37-34(26-14-6-2-7-15-26)35(41-36)27-16-8-3-9-17-27/h1-9,12-17,19-21,23,28H,10-11,18,22,24H2,(H,38,39). The largest absolute Gasteiger partial charge is 0.482 e. The summed E-state index contributed by atoms with van der Waals surface area (Å²) < 4.78 is 12.2. The zero-order chi connectivity index (χ0) is 28.0. The maximum Gasteiger partial charge on any atom is 0.341 e. The lowest BCUT2D eigenvalue weighted by molar-refractivity contribution is -0.139. The van der Waals surface area contributed by atoms with E-state index >= 15 is 0 Å². The molecule has 1 aromatic heterocycles. The quantitative estimate of drug-likeness (QED) is 0.202. The lowest BCUT2D eigenvalue weighted by atomic mass is 9.81. The molecule has 1 heterocycles. The van der Waals surface area contributed by atoms with Crippen LogP contribution >= 0.6 is 0 Å². The van der Waals surface area contributed by atoms with E-state index in [0.29, 0.717) is 11.6 Å². The number of carboxylic acids is 1. The molecule has 4 aromatic carbocycles. The number of hydrogen-bond acceptors (Lipinski definition) is 4. The van der Waals surface area contributed by atoms with Crippen molar-refractivity contribution >= 4 is 11.5 Å². The van der Waals surface area contributed by atoms with Crippen LogP contribution in [0.15, 0.2) is 120 Å². The van der Waals surface area contributed by atoms with Crippen LogP contribution in [0.25, 0.3) is 39.3 Å². The van der Waals surface area contributed by atoms with Crippen molar-refractivity contribution in [2.45, 2.75) is 25.7 Å². The molecule has 1 N–H and O–H groups in total. The number of ether oxygens (including phenoxy) is 1. The van der Waals surface area contributed by atoms with E-state index in [0.717, 1.165) is 70.5 Å². The summed E-state index contributed by atoms with van der Waals surface area (Å²) in [5.41, 5.74) is 7.30. The Morgan fingerprint density at radius 2 is 1.51 bits per heavy atom. The van der Waals surface area contributed by atoms with E-state index in [1.807, 2.05) is 72.8 Å². The first kappa shape index (κ1) is 26.3. The van der Waals surface area contributed by atoms with Crippen LogP contribution in [0.5, 0.6) is 5.75 Å². The Morgan fingerprint density at radius 1 is 0.854 bits per heavy atom. The average Bonchev–Trinajstić information content (AvgIpc) is 3.47. The highest BCUT2D eigenvalue weighted by molar-refractivity contribution is 5.79. The second-order valence-electron chi connectivity index (χ2n) is 10.3. The van der Waals surface area contributed by atoms with Gasteiger partial charge in [-0.05, 0) is 60.4 Å². The van der Waals surface area contributed by atoms with Crippen LogP contribution in [0.3, 0.4) is 0 Å². The van der Waals surface area contributed by atoms with E-state index in [9.17, 15) is 4.79 Å². The van der Waals surface area contributed by atoms with Crippen molar-refractivity contribution in [3.63, 3.8) is 0 Å². The molecule has 0 amide bonds. The molecule has 5 heteroatoms. The number of carboxylic acid groups (broad SMARTS) is 1. The first-order valence-corrected chi connectivity index (χ1v) is 14.0. The molecule has 0 saturated carbocycles. The van der Waals surface area contributed by atoms with Gasteiger partial charge in [0.1, 0.15) is 11.4 Å². The van der Waals surface area contributed by atoms with Crippen LogP contribution in [0.1, 0.15) is 30.7 Å². The van der Waals surface area contributed by atoms with Gasteiger partial charge in [-0.2, -0.15) is 0 Å². The minimum atomic E-state index is -0.997. The molecule has 204 valence electrons. The van der Waals surface area contributed by atoms with Gasteiger partial charge in [0.25, 0.3) is 0 Å². The van der Waals surface area contributed by atoms with Crippen LogP contribution in [0.4, 0.5) is 0 Å². The van der Waals surface area contributed by atoms with Crippen LogP contribution in [0, 0.1) is 5.92 Å². The van der Waals surface area contributed by atoms with Gasteiger partial charge in [-0.25, -0.2) is 9.78 Å². The highest BCUT2D eigenvalue weighted by atomic mass is 16.5. The third-order valence-corrected chi connectivity index (χ3v) is 7.51. The first-order chi connectivity index (χ1) is 20.2. The second kappa shape index (κ2) is 12.1. The Bertz CT molecular complexity index is 1600. The molecule has 0 bridgehead atoms. The number of carbonyl (C=O) groups is 1. The lowest BCUT2D eigenvalue weighted by Crippen LogP contribution is -2.13. The fourth-order valence-electron chi connectivity index (χ4n) is 5.58. The molecule has 0 spiro atoms. The van der Waals surface area contributed by atoms with Crippen molar-refractivity contribution in [2.24, 2.45) is 5.92 Å². The van der Waals surface area contributed by atoms with Gasteiger partial charge in [0, 0.05) is 16.7 Å². The molecule has 0 aliphatic heterocycles. The molecule has 0 radical (unpaired) electrons. The smallest absolute Gasteiger partial charge is 0.341 e. The lowest BCUT2D eigenvalue weighted by Gasteiger charge is -2.24. The summed E-state index contributed by atoms with van der Waals surface area (Å²) in [4.78, 5) is 16.2. The first-order valence-electron chi connectivity index (χ1n) is 14.0. The van der Waals surface area contributed by atoms with Gasteiger partial charge in [0.05, 0.1) is 0 Å². The van der Waals surface area contributed by atoms with Gasteiger partial charge in [-0.1, -0.05) is 103 Å². The molecule has 1 unspecified atom stereocenters. The third-order valence-electron chi connectivity index (χ3n) is 7.51. The number of allylic oxidation sites excluding steroid dienone is 2. The predicted octanol–water partition coefficient (Wildman–Crippen LogP) is 8.57. The van der Waals surface area contributed by atoms with Crippen LogP contribution < -0.4 is 4.74 Å². The maximum atomic E-state index is 11.1. The molecule has 5 aromatic rings. The maximum absolute atomic E-state index is 11.1. The Hall–Kier alpha value is -4.90. The summed E-state index contributed by atoms with van der Waals surface area (Å²) in [6.07, 6.45) is 6.09. The molecule has 1 atom stereocenters. The van der Waals surface area contributed by atoms with Crippen molar-refractivity contribution in [3.05, 3.63) is 127 Å². The normalized spacial score (nSPS) is 14.8. The zero-order valence-corrected chi connectivity index (χ0v) is 22.7. The van der Waals surface area contributed by atoms with Gasteiger partial charge in [-0.15, -0.1) is 0 Å². The number of rotatable bonds is 9. The molecule has 0 saturated heterocycles. The highest BCUT2D eigenvalue weighted by Gasteiger charge is 2.27. The van der Waals surface area contributed by atoms with E-state index in [1.54, 1.807) is 0 Å². The van der Waals surface area contributed by atoms with Gasteiger partial charge in [0.15, 0.2) is 12.4 Å². The van der Waals surface area contributed by atoms with Crippen molar-refractivity contribution in [3.8, 4) is 39.5 Å². The summed E-state index contributed by atoms with van der Waals surface area (Å²) in [5, 5.41) is 9.14. The van der Waals surface area contributed by atoms with E-state index in [2.05, 4.69) is 42.5 Å². The Balaban J connectivity index is 1.39. The van der Waals surface area contributed by atoms with Gasteiger partial charge >= 0.3 is 5.97 Å². The van der Waals surface area contributed by atoms with E-state index in [4.69, 9.17) is 19.2 Å².